The highest BCUT2D eigenvalue weighted by molar-refractivity contribution is 4.98. The van der Waals surface area contributed by atoms with Gasteiger partial charge in [0, 0.05) is 26.0 Å². The second-order valence-electron chi connectivity index (χ2n) is 7.50. The third-order valence-corrected chi connectivity index (χ3v) is 5.98. The predicted octanol–water partition coefficient (Wildman–Crippen LogP) is 2.99. The third-order valence-electron chi connectivity index (χ3n) is 5.98. The van der Waals surface area contributed by atoms with Crippen molar-refractivity contribution in [2.45, 2.75) is 51.6 Å². The van der Waals surface area contributed by atoms with Gasteiger partial charge in [-0.3, -0.25) is 0 Å². The van der Waals surface area contributed by atoms with Gasteiger partial charge in [-0.2, -0.15) is 0 Å². The van der Waals surface area contributed by atoms with Crippen LogP contribution in [0.4, 0.5) is 0 Å². The molecular weight excluding hydrogens is 274 g/mol. The van der Waals surface area contributed by atoms with Crippen molar-refractivity contribution in [2.24, 2.45) is 24.8 Å². The number of likely N-dealkylation sites (tertiary alicyclic amines) is 1. The van der Waals surface area contributed by atoms with E-state index in [-0.39, 0.29) is 0 Å². The molecule has 1 aromatic heterocycles. The van der Waals surface area contributed by atoms with Crippen LogP contribution in [0.15, 0.2) is 12.4 Å². The molecule has 1 N–H and O–H groups in total. The van der Waals surface area contributed by atoms with Crippen LogP contribution in [0.3, 0.4) is 0 Å². The van der Waals surface area contributed by atoms with Crippen LogP contribution in [0, 0.1) is 17.8 Å². The van der Waals surface area contributed by atoms with Gasteiger partial charge in [-0.1, -0.05) is 26.2 Å². The summed E-state index contributed by atoms with van der Waals surface area (Å²) < 4.78 is 1.95. The maximum absolute atomic E-state index is 10.6. The monoisotopic (exact) mass is 305 g/mol. The molecule has 1 aromatic rings. The van der Waals surface area contributed by atoms with Gasteiger partial charge in [-0.05, 0) is 50.1 Å². The Morgan fingerprint density at radius 1 is 1.23 bits per heavy atom. The molecule has 2 heterocycles. The van der Waals surface area contributed by atoms with E-state index in [2.05, 4.69) is 16.8 Å². The summed E-state index contributed by atoms with van der Waals surface area (Å²) in [4.78, 5) is 6.95. The molecule has 1 aliphatic carbocycles. The first-order chi connectivity index (χ1) is 10.6. The quantitative estimate of drug-likeness (QED) is 0.930. The van der Waals surface area contributed by atoms with Crippen LogP contribution in [0.2, 0.25) is 0 Å². The number of aromatic nitrogens is 2. The molecule has 0 spiro atoms. The number of hydrogen-bond acceptors (Lipinski definition) is 3. The molecule has 4 heteroatoms. The van der Waals surface area contributed by atoms with Crippen molar-refractivity contribution in [1.29, 1.82) is 0 Å². The Balaban J connectivity index is 1.49. The van der Waals surface area contributed by atoms with Gasteiger partial charge in [-0.25, -0.2) is 4.98 Å². The molecular formula is C18H31N3O. The average Bonchev–Trinajstić information content (AvgIpc) is 2.96. The fourth-order valence-corrected chi connectivity index (χ4v) is 4.32. The molecule has 0 bridgehead atoms. The van der Waals surface area contributed by atoms with E-state index in [0.29, 0.717) is 5.92 Å². The number of imidazole rings is 1. The number of nitrogens with zero attached hydrogens (tertiary/aromatic N) is 3. The van der Waals surface area contributed by atoms with Crippen LogP contribution in [0.1, 0.15) is 57.4 Å². The van der Waals surface area contributed by atoms with Gasteiger partial charge in [0.05, 0.1) is 0 Å². The van der Waals surface area contributed by atoms with Crippen LogP contribution in [0.25, 0.3) is 0 Å². The zero-order valence-corrected chi connectivity index (χ0v) is 14.1. The van der Waals surface area contributed by atoms with Crippen molar-refractivity contribution in [3.8, 4) is 0 Å². The van der Waals surface area contributed by atoms with Crippen molar-refractivity contribution in [3.63, 3.8) is 0 Å². The standard InChI is InChI=1S/C18H31N3O/c1-14-5-3-4-6-16(14)13-21-10-7-15(8-11-21)17(22)18-19-9-12-20(18)2/h9,12,14-17,22H,3-8,10-11,13H2,1-2H3/t14-,16+,17-/m1/s1. The average molecular weight is 305 g/mol. The normalized spacial score (nSPS) is 29.6. The number of aliphatic hydroxyl groups excluding tert-OH is 1. The minimum Gasteiger partial charge on any atom is -0.385 e. The lowest BCUT2D eigenvalue weighted by Crippen LogP contribution is -2.40. The molecule has 2 aliphatic rings. The maximum Gasteiger partial charge on any atom is 0.137 e. The van der Waals surface area contributed by atoms with Crippen molar-refractivity contribution < 1.29 is 5.11 Å². The molecule has 22 heavy (non-hydrogen) atoms. The number of aryl methyl sites for hydroxylation is 1. The van der Waals surface area contributed by atoms with Crippen LogP contribution < -0.4 is 0 Å². The Bertz CT molecular complexity index is 465. The molecule has 0 unspecified atom stereocenters. The SMILES string of the molecule is C[C@@H]1CCCC[C@H]1CN1CCC([C@@H](O)c2nccn2C)CC1. The third kappa shape index (κ3) is 3.54. The molecule has 124 valence electrons. The number of aliphatic hydroxyl groups is 1. The van der Waals surface area contributed by atoms with Crippen molar-refractivity contribution in [1.82, 2.24) is 14.5 Å². The van der Waals surface area contributed by atoms with Gasteiger partial charge in [0.25, 0.3) is 0 Å². The van der Waals surface area contributed by atoms with Gasteiger partial charge in [0.15, 0.2) is 0 Å². The second-order valence-corrected chi connectivity index (χ2v) is 7.50. The number of piperidine rings is 1. The largest absolute Gasteiger partial charge is 0.385 e. The molecule has 1 saturated carbocycles. The Hall–Kier alpha value is -0.870. The molecule has 1 saturated heterocycles. The minimum atomic E-state index is -0.407. The van der Waals surface area contributed by atoms with Gasteiger partial charge in [-0.15, -0.1) is 0 Å². The van der Waals surface area contributed by atoms with Gasteiger partial charge >= 0.3 is 0 Å². The van der Waals surface area contributed by atoms with E-state index in [0.717, 1.165) is 43.6 Å². The van der Waals surface area contributed by atoms with Crippen LogP contribution in [-0.4, -0.2) is 39.2 Å². The van der Waals surface area contributed by atoms with Crippen LogP contribution in [-0.2, 0) is 7.05 Å². The van der Waals surface area contributed by atoms with Crippen molar-refractivity contribution >= 4 is 0 Å². The summed E-state index contributed by atoms with van der Waals surface area (Å²) >= 11 is 0. The molecule has 2 fully saturated rings. The first-order valence-corrected chi connectivity index (χ1v) is 9.02. The maximum atomic E-state index is 10.6. The summed E-state index contributed by atoms with van der Waals surface area (Å²) in [6.07, 6.45) is 11.1. The zero-order chi connectivity index (χ0) is 15.5. The lowest BCUT2D eigenvalue weighted by atomic mass is 9.79. The van der Waals surface area contributed by atoms with Gasteiger partial charge < -0.3 is 14.6 Å². The van der Waals surface area contributed by atoms with E-state index in [1.54, 1.807) is 6.20 Å². The molecule has 1 aliphatic heterocycles. The van der Waals surface area contributed by atoms with Crippen molar-refractivity contribution in [2.75, 3.05) is 19.6 Å². The fraction of sp³-hybridized carbons (Fsp3) is 0.833. The molecule has 0 aromatic carbocycles. The molecule has 0 amide bonds. The van der Waals surface area contributed by atoms with Crippen molar-refractivity contribution in [3.05, 3.63) is 18.2 Å². The molecule has 4 nitrogen and oxygen atoms in total. The van der Waals surface area contributed by atoms with Crippen LogP contribution in [0.5, 0.6) is 0 Å². The van der Waals surface area contributed by atoms with E-state index < -0.39 is 6.10 Å². The van der Waals surface area contributed by atoms with Gasteiger partial charge in [0.1, 0.15) is 11.9 Å². The summed E-state index contributed by atoms with van der Waals surface area (Å²) in [6, 6.07) is 0. The predicted molar refractivity (Wildman–Crippen MR) is 88.5 cm³/mol. The molecule has 3 rings (SSSR count). The van der Waals surface area contributed by atoms with E-state index in [1.165, 1.54) is 32.2 Å². The van der Waals surface area contributed by atoms with Crippen LogP contribution >= 0.6 is 0 Å². The Morgan fingerprint density at radius 3 is 2.59 bits per heavy atom. The lowest BCUT2D eigenvalue weighted by Gasteiger charge is -2.38. The second kappa shape index (κ2) is 7.14. The van der Waals surface area contributed by atoms with E-state index >= 15 is 0 Å². The highest BCUT2D eigenvalue weighted by Gasteiger charge is 2.30. The topological polar surface area (TPSA) is 41.3 Å². The lowest BCUT2D eigenvalue weighted by molar-refractivity contribution is 0.0415. The first kappa shape index (κ1) is 16.0. The smallest absolute Gasteiger partial charge is 0.137 e. The first-order valence-electron chi connectivity index (χ1n) is 9.02. The fourth-order valence-electron chi connectivity index (χ4n) is 4.32. The van der Waals surface area contributed by atoms with E-state index in [9.17, 15) is 5.11 Å². The Morgan fingerprint density at radius 2 is 1.95 bits per heavy atom. The number of hydrogen-bond donors (Lipinski definition) is 1. The summed E-state index contributed by atoms with van der Waals surface area (Å²) in [7, 11) is 1.96. The summed E-state index contributed by atoms with van der Waals surface area (Å²) in [6.45, 7) is 5.97. The summed E-state index contributed by atoms with van der Waals surface area (Å²) in [5.74, 6) is 2.97. The Labute approximate surface area is 134 Å². The summed E-state index contributed by atoms with van der Waals surface area (Å²) in [5.41, 5.74) is 0. The highest BCUT2D eigenvalue weighted by atomic mass is 16.3. The zero-order valence-electron chi connectivity index (χ0n) is 14.1. The minimum absolute atomic E-state index is 0.362. The van der Waals surface area contributed by atoms with E-state index in [4.69, 9.17) is 0 Å². The summed E-state index contributed by atoms with van der Waals surface area (Å²) in [5, 5.41) is 10.6. The Kier molecular flexibility index (Phi) is 5.19. The molecule has 0 radical (unpaired) electrons. The van der Waals surface area contributed by atoms with E-state index in [1.807, 2.05) is 17.8 Å². The van der Waals surface area contributed by atoms with Gasteiger partial charge in [0.2, 0.25) is 0 Å². The molecule has 3 atom stereocenters. The number of rotatable bonds is 4. The highest BCUT2D eigenvalue weighted by Crippen LogP contribution is 2.33.